The molecule has 0 spiro atoms. The van der Waals surface area contributed by atoms with Gasteiger partial charge in [-0.05, 0) is 48.9 Å². The van der Waals surface area contributed by atoms with Gasteiger partial charge >= 0.3 is 0 Å². The molecule has 2 nitrogen and oxygen atoms in total. The van der Waals surface area contributed by atoms with E-state index in [0.29, 0.717) is 6.04 Å². The average Bonchev–Trinajstić information content (AvgIpc) is 2.39. The molecule has 0 aromatic heterocycles. The van der Waals surface area contributed by atoms with Gasteiger partial charge in [-0.15, -0.1) is 0 Å². The Morgan fingerprint density at radius 3 is 2.42 bits per heavy atom. The van der Waals surface area contributed by atoms with Gasteiger partial charge in [0, 0.05) is 18.3 Å². The van der Waals surface area contributed by atoms with Crippen LogP contribution in [0.5, 0.6) is 0 Å². The van der Waals surface area contributed by atoms with E-state index in [0.717, 1.165) is 12.2 Å². The molecule has 2 N–H and O–H groups in total. The minimum atomic E-state index is 0.593. The molecule has 0 bridgehead atoms. The second-order valence-electron chi connectivity index (χ2n) is 5.45. The summed E-state index contributed by atoms with van der Waals surface area (Å²) in [6, 6.07) is 13.3. The molecule has 0 aliphatic heterocycles. The predicted octanol–water partition coefficient (Wildman–Crippen LogP) is 4.04. The fourth-order valence-electron chi connectivity index (χ4n) is 2.50. The highest BCUT2D eigenvalue weighted by Gasteiger charge is 2.10. The first-order valence-electron chi connectivity index (χ1n) is 7.09. The van der Waals surface area contributed by atoms with E-state index in [1.165, 1.54) is 29.2 Å². The van der Waals surface area contributed by atoms with Gasteiger partial charge in [-0.2, -0.15) is 0 Å². The highest BCUT2D eigenvalue weighted by atomic mass is 15.1. The van der Waals surface area contributed by atoms with Gasteiger partial charge < -0.3 is 5.73 Å². The van der Waals surface area contributed by atoms with Crippen LogP contribution in [0.15, 0.2) is 36.4 Å². The monoisotopic (exact) mass is 256 g/mol. The highest BCUT2D eigenvalue weighted by molar-refractivity contribution is 5.86. The maximum Gasteiger partial charge on any atom is 0.0366 e. The summed E-state index contributed by atoms with van der Waals surface area (Å²) in [6.45, 7) is 5.42. The zero-order valence-corrected chi connectivity index (χ0v) is 12.2. The Morgan fingerprint density at radius 2 is 1.79 bits per heavy atom. The van der Waals surface area contributed by atoms with Gasteiger partial charge in [-0.1, -0.05) is 37.6 Å². The summed E-state index contributed by atoms with van der Waals surface area (Å²) in [6.07, 6.45) is 2.45. The van der Waals surface area contributed by atoms with Crippen molar-refractivity contribution in [3.05, 3.63) is 42.0 Å². The lowest BCUT2D eigenvalue weighted by molar-refractivity contribution is 0.237. The summed E-state index contributed by atoms with van der Waals surface area (Å²) in [4.78, 5) is 2.38. The molecule has 0 radical (unpaired) electrons. The minimum Gasteiger partial charge on any atom is -0.398 e. The molecule has 19 heavy (non-hydrogen) atoms. The van der Waals surface area contributed by atoms with E-state index >= 15 is 0 Å². The largest absolute Gasteiger partial charge is 0.398 e. The van der Waals surface area contributed by atoms with E-state index in [1.54, 1.807) is 0 Å². The predicted molar refractivity (Wildman–Crippen MR) is 84.2 cm³/mol. The topological polar surface area (TPSA) is 29.3 Å². The molecule has 0 heterocycles. The number of nitrogens with zero attached hydrogens (tertiary/aromatic N) is 1. The van der Waals surface area contributed by atoms with Gasteiger partial charge in [0.1, 0.15) is 0 Å². The van der Waals surface area contributed by atoms with Crippen molar-refractivity contribution < 1.29 is 0 Å². The second kappa shape index (κ2) is 6.07. The molecule has 0 aliphatic carbocycles. The van der Waals surface area contributed by atoms with Gasteiger partial charge in [0.2, 0.25) is 0 Å². The van der Waals surface area contributed by atoms with E-state index in [1.807, 2.05) is 0 Å². The normalized spacial score (nSPS) is 13.1. The number of fused-ring (bicyclic) bond motifs is 1. The number of anilines is 1. The molecule has 0 aliphatic rings. The lowest BCUT2D eigenvalue weighted by Crippen LogP contribution is -2.28. The van der Waals surface area contributed by atoms with Crippen molar-refractivity contribution in [3.63, 3.8) is 0 Å². The fourth-order valence-corrected chi connectivity index (χ4v) is 2.50. The first-order valence-corrected chi connectivity index (χ1v) is 7.09. The van der Waals surface area contributed by atoms with Crippen molar-refractivity contribution in [3.8, 4) is 0 Å². The highest BCUT2D eigenvalue weighted by Crippen LogP contribution is 2.23. The lowest BCUT2D eigenvalue weighted by atomic mass is 10.0. The molecule has 1 unspecified atom stereocenters. The summed E-state index contributed by atoms with van der Waals surface area (Å²) >= 11 is 0. The van der Waals surface area contributed by atoms with Crippen LogP contribution < -0.4 is 5.73 Å². The molecule has 102 valence electrons. The Labute approximate surface area is 116 Å². The average molecular weight is 256 g/mol. The maximum absolute atomic E-state index is 6.18. The third-order valence-corrected chi connectivity index (χ3v) is 3.89. The molecule has 2 aromatic carbocycles. The van der Waals surface area contributed by atoms with Gasteiger partial charge in [-0.3, -0.25) is 4.90 Å². The quantitative estimate of drug-likeness (QED) is 0.818. The number of hydrogen-bond donors (Lipinski definition) is 1. The van der Waals surface area contributed by atoms with Crippen molar-refractivity contribution in [1.82, 2.24) is 4.90 Å². The number of benzene rings is 2. The molecule has 2 rings (SSSR count). The van der Waals surface area contributed by atoms with E-state index in [9.17, 15) is 0 Å². The van der Waals surface area contributed by atoms with Crippen LogP contribution in [0.4, 0.5) is 5.69 Å². The number of nitrogen functional groups attached to an aromatic ring is 1. The van der Waals surface area contributed by atoms with E-state index < -0.39 is 0 Å². The molecular weight excluding hydrogens is 232 g/mol. The van der Waals surface area contributed by atoms with Crippen LogP contribution in [0.2, 0.25) is 0 Å². The molecular formula is C17H24N2. The minimum absolute atomic E-state index is 0.593. The van der Waals surface area contributed by atoms with E-state index in [2.05, 4.69) is 62.2 Å². The molecule has 2 aromatic rings. The zero-order valence-electron chi connectivity index (χ0n) is 12.2. The van der Waals surface area contributed by atoms with E-state index in [4.69, 9.17) is 5.73 Å². The number of rotatable bonds is 5. The summed E-state index contributed by atoms with van der Waals surface area (Å²) in [7, 11) is 2.18. The molecule has 0 saturated heterocycles. The Hall–Kier alpha value is -1.54. The van der Waals surface area contributed by atoms with Crippen LogP contribution in [0, 0.1) is 0 Å². The van der Waals surface area contributed by atoms with Crippen molar-refractivity contribution in [1.29, 1.82) is 0 Å². The fraction of sp³-hybridized carbons (Fsp3) is 0.412. The first-order chi connectivity index (χ1) is 9.11. The summed E-state index contributed by atoms with van der Waals surface area (Å²) < 4.78 is 0. The van der Waals surface area contributed by atoms with Crippen molar-refractivity contribution >= 4 is 16.5 Å². The van der Waals surface area contributed by atoms with Crippen LogP contribution in [-0.4, -0.2) is 18.0 Å². The van der Waals surface area contributed by atoms with Gasteiger partial charge in [0.05, 0.1) is 0 Å². The standard InChI is InChI=1S/C17H24N2/c1-4-7-13(2)19(3)12-16-10-14-8-5-6-9-15(14)11-17(16)18/h5-6,8-11,13H,4,7,12,18H2,1-3H3. The van der Waals surface area contributed by atoms with Crippen LogP contribution in [0.1, 0.15) is 32.3 Å². The van der Waals surface area contributed by atoms with Crippen LogP contribution in [0.25, 0.3) is 10.8 Å². The number of nitrogens with two attached hydrogens (primary N) is 1. The van der Waals surface area contributed by atoms with Crippen LogP contribution >= 0.6 is 0 Å². The van der Waals surface area contributed by atoms with Crippen LogP contribution in [-0.2, 0) is 6.54 Å². The van der Waals surface area contributed by atoms with Crippen molar-refractivity contribution in [2.45, 2.75) is 39.3 Å². The van der Waals surface area contributed by atoms with Gasteiger partial charge in [0.25, 0.3) is 0 Å². The first kappa shape index (κ1) is 13.9. The summed E-state index contributed by atoms with van der Waals surface area (Å²) in [5, 5.41) is 2.48. The smallest absolute Gasteiger partial charge is 0.0366 e. The van der Waals surface area contributed by atoms with Gasteiger partial charge in [-0.25, -0.2) is 0 Å². The number of hydrogen-bond acceptors (Lipinski definition) is 2. The summed E-state index contributed by atoms with van der Waals surface area (Å²) in [5.41, 5.74) is 8.31. The van der Waals surface area contributed by atoms with Gasteiger partial charge in [0.15, 0.2) is 0 Å². The molecule has 0 fully saturated rings. The lowest BCUT2D eigenvalue weighted by Gasteiger charge is -2.25. The molecule has 0 amide bonds. The Balaban J connectivity index is 2.22. The molecule has 2 heteroatoms. The third kappa shape index (κ3) is 3.27. The van der Waals surface area contributed by atoms with E-state index in [-0.39, 0.29) is 0 Å². The van der Waals surface area contributed by atoms with Crippen LogP contribution in [0.3, 0.4) is 0 Å². The molecule has 1 atom stereocenters. The maximum atomic E-state index is 6.18. The van der Waals surface area contributed by atoms with Crippen molar-refractivity contribution in [2.75, 3.05) is 12.8 Å². The molecule has 0 saturated carbocycles. The third-order valence-electron chi connectivity index (χ3n) is 3.89. The SMILES string of the molecule is CCCC(C)N(C)Cc1cc2ccccc2cc1N. The Kier molecular flexibility index (Phi) is 4.43. The Bertz CT molecular complexity index is 548. The Morgan fingerprint density at radius 1 is 1.16 bits per heavy atom. The second-order valence-corrected chi connectivity index (χ2v) is 5.45. The zero-order chi connectivity index (χ0) is 13.8. The van der Waals surface area contributed by atoms with Crippen molar-refractivity contribution in [2.24, 2.45) is 0 Å². The summed E-state index contributed by atoms with van der Waals surface area (Å²) in [5.74, 6) is 0.